The lowest BCUT2D eigenvalue weighted by atomic mass is 10.7. The van der Waals surface area contributed by atoms with Crippen LogP contribution in [-0.2, 0) is 0 Å². The molecule has 0 atom stereocenters. The third-order valence-electron chi connectivity index (χ3n) is 0.362. The monoisotopic (exact) mass is 74.1 g/mol. The summed E-state index contributed by atoms with van der Waals surface area (Å²) in [6.45, 7) is 1.58. The first-order chi connectivity index (χ1) is 2.27. The van der Waals surface area contributed by atoms with Crippen LogP contribution in [0.1, 0.15) is 6.92 Å². The highest BCUT2D eigenvalue weighted by atomic mass is 16.3. The molecular formula is C3H8NO. The molecule has 0 aromatic heterocycles. The van der Waals surface area contributed by atoms with Crippen molar-refractivity contribution in [3.8, 4) is 0 Å². The molecule has 5 heavy (non-hydrogen) atoms. The molecule has 0 heterocycles. The first kappa shape index (κ1) is 4.92. The summed E-state index contributed by atoms with van der Waals surface area (Å²) in [6.07, 6.45) is 0.255. The fourth-order valence-corrected chi connectivity index (χ4v) is 0. The van der Waals surface area contributed by atoms with Crippen LogP contribution in [0.3, 0.4) is 0 Å². The Morgan fingerprint density at radius 2 is 2.00 bits per heavy atom. The van der Waals surface area contributed by atoms with Crippen molar-refractivity contribution in [3.63, 3.8) is 0 Å². The molecule has 2 nitrogen and oxygen atoms in total. The van der Waals surface area contributed by atoms with Crippen molar-refractivity contribution < 1.29 is 5.11 Å². The lowest BCUT2D eigenvalue weighted by Gasteiger charge is -1.92. The van der Waals surface area contributed by atoms with E-state index in [1.807, 2.05) is 0 Å². The Morgan fingerprint density at radius 3 is 2.00 bits per heavy atom. The molecule has 2 heteroatoms. The van der Waals surface area contributed by atoms with E-state index in [0.717, 1.165) is 0 Å². The smallest absolute Gasteiger partial charge is 0.155 e. The molecule has 0 spiro atoms. The van der Waals surface area contributed by atoms with Crippen molar-refractivity contribution in [2.24, 2.45) is 0 Å². The minimum Gasteiger partial charge on any atom is -0.372 e. The highest BCUT2D eigenvalue weighted by molar-refractivity contribution is 4.55. The van der Waals surface area contributed by atoms with Gasteiger partial charge >= 0.3 is 0 Å². The molecule has 0 fully saturated rings. The van der Waals surface area contributed by atoms with Crippen LogP contribution >= 0.6 is 0 Å². The van der Waals surface area contributed by atoms with Crippen LogP contribution < -0.4 is 5.32 Å². The van der Waals surface area contributed by atoms with Crippen molar-refractivity contribution in [2.45, 2.75) is 6.92 Å². The Balaban J connectivity index is 2.54. The summed E-state index contributed by atoms with van der Waals surface area (Å²) < 4.78 is 0. The van der Waals surface area contributed by atoms with Gasteiger partial charge in [-0.25, -0.2) is 0 Å². The normalized spacial score (nSPS) is 9.60. The van der Waals surface area contributed by atoms with Crippen LogP contribution in [0.15, 0.2) is 0 Å². The van der Waals surface area contributed by atoms with Gasteiger partial charge < -0.3 is 5.11 Å². The maximum atomic E-state index is 8.17. The van der Waals surface area contributed by atoms with Gasteiger partial charge in [0, 0.05) is 0 Å². The maximum Gasteiger partial charge on any atom is 0.155 e. The van der Waals surface area contributed by atoms with Gasteiger partial charge in [-0.15, -0.1) is 0 Å². The molecule has 0 aliphatic rings. The molecule has 0 saturated heterocycles. The minimum atomic E-state index is 0.255. The molecule has 0 bridgehead atoms. The second kappa shape index (κ2) is 2.18. The van der Waals surface area contributed by atoms with E-state index in [0.29, 0.717) is 0 Å². The zero-order chi connectivity index (χ0) is 4.28. The second-order valence-electron chi connectivity index (χ2n) is 0.835. The number of nitrogens with one attached hydrogen (secondary N) is 1. The summed E-state index contributed by atoms with van der Waals surface area (Å²) in [5, 5.41) is 10.7. The molecule has 1 radical (unpaired) electrons. The zero-order valence-electron chi connectivity index (χ0n) is 3.45. The third-order valence-corrected chi connectivity index (χ3v) is 0.362. The lowest BCUT2D eigenvalue weighted by molar-refractivity contribution is 0.281. The zero-order valence-corrected chi connectivity index (χ0v) is 3.45. The summed E-state index contributed by atoms with van der Waals surface area (Å²) in [4.78, 5) is 0. The van der Waals surface area contributed by atoms with E-state index in [-0.39, 0.29) is 6.23 Å². The predicted octanol–water partition coefficient (Wildman–Crippen LogP) is 0.0877. The standard InChI is InChI=1S/C3H8NO/c1-3(5)4-2/h4-5H,1-2H3. The van der Waals surface area contributed by atoms with Gasteiger partial charge in [0.1, 0.15) is 0 Å². The molecule has 0 aromatic rings. The predicted molar refractivity (Wildman–Crippen MR) is 19.9 cm³/mol. The van der Waals surface area contributed by atoms with E-state index in [2.05, 4.69) is 5.32 Å². The Labute approximate surface area is 31.8 Å². The fraction of sp³-hybridized carbons (Fsp3) is 0.667. The lowest BCUT2D eigenvalue weighted by Crippen LogP contribution is -2.09. The largest absolute Gasteiger partial charge is 0.372 e. The number of rotatable bonds is 1. The van der Waals surface area contributed by atoms with Crippen molar-refractivity contribution in [1.82, 2.24) is 5.32 Å². The molecular weight excluding hydrogens is 66.0 g/mol. The highest BCUT2D eigenvalue weighted by Gasteiger charge is 1.81. The number of aliphatic hydroxyl groups is 1. The Kier molecular flexibility index (Phi) is 2.14. The molecule has 2 N–H and O–H groups in total. The van der Waals surface area contributed by atoms with Crippen molar-refractivity contribution >= 4 is 0 Å². The molecule has 0 aliphatic carbocycles. The Bertz CT molecular complexity index is 20.9. The van der Waals surface area contributed by atoms with Gasteiger partial charge in [0.15, 0.2) is 6.23 Å². The topological polar surface area (TPSA) is 32.3 Å². The van der Waals surface area contributed by atoms with Gasteiger partial charge in [-0.2, -0.15) is 0 Å². The number of hydrogen-bond acceptors (Lipinski definition) is 2. The van der Waals surface area contributed by atoms with E-state index in [9.17, 15) is 0 Å². The van der Waals surface area contributed by atoms with E-state index in [1.165, 1.54) is 0 Å². The van der Waals surface area contributed by atoms with E-state index >= 15 is 0 Å². The van der Waals surface area contributed by atoms with Crippen LogP contribution in [0.5, 0.6) is 0 Å². The maximum absolute atomic E-state index is 8.17. The summed E-state index contributed by atoms with van der Waals surface area (Å²) in [5.74, 6) is 0. The Hall–Kier alpha value is -0.0800. The van der Waals surface area contributed by atoms with Gasteiger partial charge in [-0.3, -0.25) is 5.32 Å². The van der Waals surface area contributed by atoms with E-state index in [1.54, 1.807) is 14.0 Å². The first-order valence-corrected chi connectivity index (χ1v) is 1.47. The van der Waals surface area contributed by atoms with Crippen LogP contribution in [0.2, 0.25) is 0 Å². The van der Waals surface area contributed by atoms with E-state index < -0.39 is 0 Å². The third kappa shape index (κ3) is 3.92. The van der Waals surface area contributed by atoms with Crippen LogP contribution in [-0.4, -0.2) is 12.2 Å². The fourth-order valence-electron chi connectivity index (χ4n) is 0. The molecule has 0 unspecified atom stereocenters. The van der Waals surface area contributed by atoms with E-state index in [4.69, 9.17) is 5.11 Å². The van der Waals surface area contributed by atoms with Crippen molar-refractivity contribution in [2.75, 3.05) is 7.05 Å². The molecule has 0 aromatic carbocycles. The molecule has 31 valence electrons. The summed E-state index contributed by atoms with van der Waals surface area (Å²) in [6, 6.07) is 0. The highest BCUT2D eigenvalue weighted by Crippen LogP contribution is 1.73. The summed E-state index contributed by atoms with van der Waals surface area (Å²) in [5.41, 5.74) is 0. The Morgan fingerprint density at radius 1 is 1.80 bits per heavy atom. The van der Waals surface area contributed by atoms with Gasteiger partial charge in [0.25, 0.3) is 0 Å². The molecule has 0 amide bonds. The van der Waals surface area contributed by atoms with Crippen molar-refractivity contribution in [3.05, 3.63) is 6.23 Å². The quantitative estimate of drug-likeness (QED) is 0.462. The van der Waals surface area contributed by atoms with Crippen LogP contribution in [0.25, 0.3) is 0 Å². The van der Waals surface area contributed by atoms with Crippen LogP contribution in [0, 0.1) is 6.23 Å². The number of aliphatic hydroxyl groups excluding tert-OH is 1. The van der Waals surface area contributed by atoms with Crippen molar-refractivity contribution in [1.29, 1.82) is 0 Å². The van der Waals surface area contributed by atoms with Gasteiger partial charge in [-0.05, 0) is 14.0 Å². The van der Waals surface area contributed by atoms with Gasteiger partial charge in [-0.1, -0.05) is 0 Å². The van der Waals surface area contributed by atoms with Crippen LogP contribution in [0.4, 0.5) is 0 Å². The first-order valence-electron chi connectivity index (χ1n) is 1.47. The average molecular weight is 74.1 g/mol. The second-order valence-corrected chi connectivity index (χ2v) is 0.835. The van der Waals surface area contributed by atoms with Gasteiger partial charge in [0.05, 0.1) is 0 Å². The average Bonchev–Trinajstić information content (AvgIpc) is 1.38. The van der Waals surface area contributed by atoms with Gasteiger partial charge in [0.2, 0.25) is 0 Å². The minimum absolute atomic E-state index is 0.255. The summed E-state index contributed by atoms with van der Waals surface area (Å²) >= 11 is 0. The molecule has 0 saturated carbocycles. The SMILES string of the molecule is CN[C](C)O. The number of hydrogen-bond donors (Lipinski definition) is 2. The molecule has 0 rings (SSSR count). The summed E-state index contributed by atoms with van der Waals surface area (Å²) in [7, 11) is 1.66. The molecule has 0 aliphatic heterocycles.